The van der Waals surface area contributed by atoms with Gasteiger partial charge in [0.05, 0.1) is 22.3 Å². The Morgan fingerprint density at radius 2 is 2.15 bits per heavy atom. The molecule has 1 unspecified atom stereocenters. The molecule has 0 spiro atoms. The zero-order valence-corrected chi connectivity index (χ0v) is 12.6. The minimum absolute atomic E-state index is 0.258. The van der Waals surface area contributed by atoms with Gasteiger partial charge in [-0.15, -0.1) is 0 Å². The van der Waals surface area contributed by atoms with Gasteiger partial charge in [0.25, 0.3) is 5.91 Å². The van der Waals surface area contributed by atoms with Gasteiger partial charge in [0.1, 0.15) is 5.60 Å². The van der Waals surface area contributed by atoms with Crippen LogP contribution in [0, 0.1) is 0 Å². The molecule has 5 nitrogen and oxygen atoms in total. The lowest BCUT2D eigenvalue weighted by molar-refractivity contribution is -0.0148. The second kappa shape index (κ2) is 6.18. The minimum Gasteiger partial charge on any atom is -0.396 e. The molecule has 0 aliphatic carbocycles. The number of ether oxygens (including phenoxy) is 2. The van der Waals surface area contributed by atoms with Gasteiger partial charge in [-0.05, 0) is 12.1 Å². The molecule has 1 atom stereocenters. The molecule has 0 radical (unpaired) electrons. The smallest absolute Gasteiger partial charge is 0.251 e. The summed E-state index contributed by atoms with van der Waals surface area (Å²) < 4.78 is 10.7. The van der Waals surface area contributed by atoms with E-state index in [0.29, 0.717) is 25.3 Å². The molecule has 0 bridgehead atoms. The summed E-state index contributed by atoms with van der Waals surface area (Å²) in [6.45, 7) is 1.46. The molecule has 0 aromatic heterocycles. The number of hydrogen-bond donors (Lipinski definition) is 2. The molecule has 1 fully saturated rings. The van der Waals surface area contributed by atoms with Gasteiger partial charge in [-0.2, -0.15) is 0 Å². The van der Waals surface area contributed by atoms with Gasteiger partial charge in [-0.1, -0.05) is 23.2 Å². The molecule has 1 aliphatic heterocycles. The average molecular weight is 319 g/mol. The number of hydrogen-bond acceptors (Lipinski definition) is 4. The molecule has 110 valence electrons. The van der Waals surface area contributed by atoms with E-state index < -0.39 is 5.60 Å². The van der Waals surface area contributed by atoms with Crippen LogP contribution in [-0.4, -0.2) is 38.4 Å². The Bertz CT molecular complexity index is 493. The maximum absolute atomic E-state index is 12.1. The van der Waals surface area contributed by atoms with Gasteiger partial charge in [0.2, 0.25) is 0 Å². The number of rotatable bonds is 4. The van der Waals surface area contributed by atoms with Crippen LogP contribution in [0.2, 0.25) is 10.0 Å². The van der Waals surface area contributed by atoms with Crippen molar-refractivity contribution in [3.8, 4) is 0 Å². The van der Waals surface area contributed by atoms with Crippen LogP contribution in [-0.2, 0) is 9.47 Å². The molecule has 0 saturated carbocycles. The number of halogens is 2. The molecule has 1 aromatic rings. The van der Waals surface area contributed by atoms with Gasteiger partial charge in [-0.3, -0.25) is 4.79 Å². The third-order valence-electron chi connectivity index (χ3n) is 3.41. The number of carbonyl (C=O) groups excluding carboxylic acids is 1. The van der Waals surface area contributed by atoms with E-state index in [0.717, 1.165) is 6.42 Å². The van der Waals surface area contributed by atoms with Crippen LogP contribution in [0.1, 0.15) is 16.8 Å². The first-order valence-electron chi connectivity index (χ1n) is 6.13. The average Bonchev–Trinajstić information content (AvgIpc) is 2.91. The topological polar surface area (TPSA) is 73.6 Å². The first-order chi connectivity index (χ1) is 9.47. The lowest BCUT2D eigenvalue weighted by Gasteiger charge is -2.25. The Morgan fingerprint density at radius 3 is 2.65 bits per heavy atom. The Kier molecular flexibility index (Phi) is 4.75. The van der Waals surface area contributed by atoms with Crippen LogP contribution in [0.25, 0.3) is 0 Å². The van der Waals surface area contributed by atoms with Crippen molar-refractivity contribution in [1.82, 2.24) is 5.32 Å². The molecule has 1 aromatic carbocycles. The first kappa shape index (κ1) is 15.4. The number of methoxy groups -OCH3 is 1. The standard InChI is InChI=1S/C13H16Cl2N2O3/c1-19-13(2-3-20-7-13)6-17-12(18)8-4-9(14)11(16)10(15)5-8/h4-5H,2-3,6-7,16H2,1H3,(H,17,18). The van der Waals surface area contributed by atoms with E-state index >= 15 is 0 Å². The second-order valence-corrected chi connectivity index (χ2v) is 5.54. The van der Waals surface area contributed by atoms with E-state index in [-0.39, 0.29) is 21.6 Å². The highest BCUT2D eigenvalue weighted by molar-refractivity contribution is 6.39. The zero-order valence-electron chi connectivity index (χ0n) is 11.0. The van der Waals surface area contributed by atoms with E-state index in [1.165, 1.54) is 12.1 Å². The predicted molar refractivity (Wildman–Crippen MR) is 78.4 cm³/mol. The van der Waals surface area contributed by atoms with Crippen LogP contribution in [0.4, 0.5) is 5.69 Å². The van der Waals surface area contributed by atoms with Crippen molar-refractivity contribution in [3.63, 3.8) is 0 Å². The number of nitrogens with two attached hydrogens (primary N) is 1. The number of nitrogen functional groups attached to an aromatic ring is 1. The summed E-state index contributed by atoms with van der Waals surface area (Å²) in [5.74, 6) is -0.280. The van der Waals surface area contributed by atoms with Crippen molar-refractivity contribution in [2.75, 3.05) is 32.6 Å². The third kappa shape index (κ3) is 3.17. The van der Waals surface area contributed by atoms with Gasteiger partial charge in [-0.25, -0.2) is 0 Å². The van der Waals surface area contributed by atoms with Gasteiger partial charge in [0.15, 0.2) is 0 Å². The number of nitrogens with one attached hydrogen (secondary N) is 1. The molecule has 1 heterocycles. The monoisotopic (exact) mass is 318 g/mol. The summed E-state index contributed by atoms with van der Waals surface area (Å²) in [6, 6.07) is 2.98. The second-order valence-electron chi connectivity index (χ2n) is 4.73. The largest absolute Gasteiger partial charge is 0.396 e. The van der Waals surface area contributed by atoms with Crippen molar-refractivity contribution >= 4 is 34.8 Å². The van der Waals surface area contributed by atoms with E-state index in [4.69, 9.17) is 38.4 Å². The Morgan fingerprint density at radius 1 is 1.50 bits per heavy atom. The fraction of sp³-hybridized carbons (Fsp3) is 0.462. The minimum atomic E-state index is -0.461. The highest BCUT2D eigenvalue weighted by Gasteiger charge is 2.35. The van der Waals surface area contributed by atoms with E-state index in [1.54, 1.807) is 7.11 Å². The van der Waals surface area contributed by atoms with Crippen molar-refractivity contribution in [1.29, 1.82) is 0 Å². The predicted octanol–water partition coefficient (Wildman–Crippen LogP) is 2.11. The van der Waals surface area contributed by atoms with Crippen LogP contribution < -0.4 is 11.1 Å². The highest BCUT2D eigenvalue weighted by Crippen LogP contribution is 2.29. The lowest BCUT2D eigenvalue weighted by atomic mass is 10.0. The lowest BCUT2D eigenvalue weighted by Crippen LogP contribution is -2.45. The van der Waals surface area contributed by atoms with Crippen molar-refractivity contribution in [3.05, 3.63) is 27.7 Å². The third-order valence-corrected chi connectivity index (χ3v) is 4.04. The quantitative estimate of drug-likeness (QED) is 0.834. The molecule has 1 amide bonds. The van der Waals surface area contributed by atoms with Crippen molar-refractivity contribution in [2.45, 2.75) is 12.0 Å². The Balaban J connectivity index is 2.05. The van der Waals surface area contributed by atoms with E-state index in [9.17, 15) is 4.79 Å². The Hall–Kier alpha value is -1.01. The van der Waals surface area contributed by atoms with Gasteiger partial charge >= 0.3 is 0 Å². The molecule has 20 heavy (non-hydrogen) atoms. The molecule has 1 saturated heterocycles. The normalized spacial score (nSPS) is 21.9. The van der Waals surface area contributed by atoms with Crippen molar-refractivity contribution < 1.29 is 14.3 Å². The number of carbonyl (C=O) groups is 1. The summed E-state index contributed by atoms with van der Waals surface area (Å²) in [7, 11) is 1.61. The van der Waals surface area contributed by atoms with Crippen LogP contribution in [0.15, 0.2) is 12.1 Å². The fourth-order valence-corrected chi connectivity index (χ4v) is 2.51. The first-order valence-corrected chi connectivity index (χ1v) is 6.89. The number of amides is 1. The van der Waals surface area contributed by atoms with Crippen molar-refractivity contribution in [2.24, 2.45) is 0 Å². The van der Waals surface area contributed by atoms with Crippen LogP contribution in [0.3, 0.4) is 0 Å². The van der Waals surface area contributed by atoms with Gasteiger partial charge in [0, 0.05) is 32.2 Å². The molecular weight excluding hydrogens is 303 g/mol. The number of benzene rings is 1. The number of anilines is 1. The fourth-order valence-electron chi connectivity index (χ4n) is 2.02. The van der Waals surface area contributed by atoms with Crippen LogP contribution in [0.5, 0.6) is 0 Å². The molecule has 7 heteroatoms. The summed E-state index contributed by atoms with van der Waals surface area (Å²) in [5, 5.41) is 3.32. The zero-order chi connectivity index (χ0) is 14.8. The summed E-state index contributed by atoms with van der Waals surface area (Å²) in [6.07, 6.45) is 0.743. The van der Waals surface area contributed by atoms with E-state index in [1.807, 2.05) is 0 Å². The molecule has 2 rings (SSSR count). The summed E-state index contributed by atoms with van der Waals surface area (Å²) >= 11 is 11.8. The highest BCUT2D eigenvalue weighted by atomic mass is 35.5. The molecular formula is C13H16Cl2N2O3. The van der Waals surface area contributed by atoms with Gasteiger partial charge < -0.3 is 20.5 Å². The SMILES string of the molecule is COC1(CNC(=O)c2cc(Cl)c(N)c(Cl)c2)CCOC1. The van der Waals surface area contributed by atoms with E-state index in [2.05, 4.69) is 5.32 Å². The molecule has 1 aliphatic rings. The summed E-state index contributed by atoms with van der Waals surface area (Å²) in [4.78, 5) is 12.1. The Labute approximate surface area is 127 Å². The maximum Gasteiger partial charge on any atom is 0.251 e. The molecule has 3 N–H and O–H groups in total. The maximum atomic E-state index is 12.1. The van der Waals surface area contributed by atoms with Crippen LogP contribution >= 0.6 is 23.2 Å². The summed E-state index contributed by atoms with van der Waals surface area (Å²) in [5.41, 5.74) is 5.80.